The highest BCUT2D eigenvalue weighted by Crippen LogP contribution is 2.28. The van der Waals surface area contributed by atoms with E-state index in [4.69, 9.17) is 9.47 Å². The first-order chi connectivity index (χ1) is 11.6. The molecule has 24 heavy (non-hydrogen) atoms. The number of halogens is 1. The third kappa shape index (κ3) is 5.42. The molecule has 0 aliphatic carbocycles. The van der Waals surface area contributed by atoms with Crippen molar-refractivity contribution in [2.24, 2.45) is 0 Å². The van der Waals surface area contributed by atoms with Crippen molar-refractivity contribution in [1.82, 2.24) is 0 Å². The van der Waals surface area contributed by atoms with Crippen LogP contribution < -0.4 is 14.8 Å². The summed E-state index contributed by atoms with van der Waals surface area (Å²) in [5.41, 5.74) is 1.61. The smallest absolute Gasteiger partial charge is 0.248 e. The van der Waals surface area contributed by atoms with E-state index in [1.807, 2.05) is 49.4 Å². The first-order valence-corrected chi connectivity index (χ1v) is 8.47. The molecule has 0 saturated carbocycles. The first-order valence-electron chi connectivity index (χ1n) is 7.68. The molecule has 2 aromatic carbocycles. The predicted octanol–water partition coefficient (Wildman–Crippen LogP) is 4.90. The lowest BCUT2D eigenvalue weighted by atomic mass is 10.2. The maximum absolute atomic E-state index is 12.0. The summed E-state index contributed by atoms with van der Waals surface area (Å²) in [6.45, 7) is 2.69. The molecule has 0 aliphatic heterocycles. The molecule has 0 atom stereocenters. The Morgan fingerprint density at radius 1 is 1.17 bits per heavy atom. The van der Waals surface area contributed by atoms with Crippen LogP contribution in [-0.4, -0.2) is 19.6 Å². The summed E-state index contributed by atoms with van der Waals surface area (Å²) in [5, 5.41) is 2.80. The number of anilines is 1. The molecule has 0 bridgehead atoms. The van der Waals surface area contributed by atoms with Gasteiger partial charge in [0.05, 0.1) is 13.7 Å². The second kappa shape index (κ2) is 9.13. The second-order valence-corrected chi connectivity index (χ2v) is 6.00. The normalized spacial score (nSPS) is 10.6. The molecule has 2 aromatic rings. The van der Waals surface area contributed by atoms with E-state index in [2.05, 4.69) is 21.2 Å². The molecule has 5 heteroatoms. The minimum Gasteiger partial charge on any atom is -0.493 e. The molecular weight excluding hydrogens is 370 g/mol. The summed E-state index contributed by atoms with van der Waals surface area (Å²) in [7, 11) is 1.60. The van der Waals surface area contributed by atoms with Crippen LogP contribution in [0, 0.1) is 0 Å². The Morgan fingerprint density at radius 3 is 2.58 bits per heavy atom. The monoisotopic (exact) mass is 389 g/mol. The average Bonchev–Trinajstić information content (AvgIpc) is 2.60. The summed E-state index contributed by atoms with van der Waals surface area (Å²) in [6.07, 6.45) is 4.16. The lowest BCUT2D eigenvalue weighted by Crippen LogP contribution is -2.07. The topological polar surface area (TPSA) is 47.6 Å². The number of benzene rings is 2. The van der Waals surface area contributed by atoms with Gasteiger partial charge in [-0.2, -0.15) is 0 Å². The number of carbonyl (C=O) groups is 1. The van der Waals surface area contributed by atoms with Gasteiger partial charge in [-0.25, -0.2) is 0 Å². The van der Waals surface area contributed by atoms with Crippen LogP contribution in [0.15, 0.2) is 53.0 Å². The molecule has 4 nitrogen and oxygen atoms in total. The quantitative estimate of drug-likeness (QED) is 0.685. The molecule has 1 N–H and O–H groups in total. The van der Waals surface area contributed by atoms with Crippen LogP contribution >= 0.6 is 15.9 Å². The molecule has 0 spiro atoms. The van der Waals surface area contributed by atoms with Gasteiger partial charge in [0.25, 0.3) is 0 Å². The molecule has 0 fully saturated rings. The zero-order valence-electron chi connectivity index (χ0n) is 13.7. The number of methoxy groups -OCH3 is 1. The predicted molar refractivity (Wildman–Crippen MR) is 101 cm³/mol. The molecule has 126 valence electrons. The maximum Gasteiger partial charge on any atom is 0.248 e. The molecular formula is C19H20BrNO3. The van der Waals surface area contributed by atoms with Crippen molar-refractivity contribution in [3.63, 3.8) is 0 Å². The Kier molecular flexibility index (Phi) is 6.88. The van der Waals surface area contributed by atoms with Crippen LogP contribution in [0.1, 0.15) is 18.9 Å². The highest BCUT2D eigenvalue weighted by molar-refractivity contribution is 9.10. The number of hydrogen-bond donors (Lipinski definition) is 1. The number of amides is 1. The van der Waals surface area contributed by atoms with Gasteiger partial charge in [0.15, 0.2) is 11.5 Å². The Balaban J connectivity index is 2.02. The van der Waals surface area contributed by atoms with E-state index in [-0.39, 0.29) is 5.91 Å². The Hall–Kier alpha value is -2.27. The molecule has 0 aromatic heterocycles. The summed E-state index contributed by atoms with van der Waals surface area (Å²) in [5.74, 6) is 1.16. The minimum absolute atomic E-state index is 0.192. The average molecular weight is 390 g/mol. The van der Waals surface area contributed by atoms with Gasteiger partial charge in [-0.1, -0.05) is 28.9 Å². The largest absolute Gasteiger partial charge is 0.493 e. The molecule has 0 heterocycles. The van der Waals surface area contributed by atoms with Crippen LogP contribution in [0.5, 0.6) is 11.5 Å². The van der Waals surface area contributed by atoms with Gasteiger partial charge in [-0.05, 0) is 54.5 Å². The van der Waals surface area contributed by atoms with Crippen molar-refractivity contribution in [3.05, 3.63) is 58.6 Å². The molecule has 0 unspecified atom stereocenters. The van der Waals surface area contributed by atoms with E-state index >= 15 is 0 Å². The highest BCUT2D eigenvalue weighted by Gasteiger charge is 2.05. The third-order valence-electron chi connectivity index (χ3n) is 3.19. The van der Waals surface area contributed by atoms with Crippen LogP contribution in [0.2, 0.25) is 0 Å². The van der Waals surface area contributed by atoms with E-state index in [0.717, 1.165) is 22.1 Å². The number of rotatable bonds is 7. The summed E-state index contributed by atoms with van der Waals surface area (Å²) in [6, 6.07) is 13.0. The third-order valence-corrected chi connectivity index (χ3v) is 3.72. The Bertz CT molecular complexity index is 711. The number of hydrogen-bond acceptors (Lipinski definition) is 3. The molecule has 2 rings (SSSR count). The molecule has 0 aliphatic rings. The van der Waals surface area contributed by atoms with Gasteiger partial charge in [-0.15, -0.1) is 0 Å². The SMILES string of the molecule is CCCOc1ccc(C=CC(=O)Nc2ccc(Br)cc2)cc1OC. The van der Waals surface area contributed by atoms with Gasteiger partial charge in [-0.3, -0.25) is 4.79 Å². The van der Waals surface area contributed by atoms with Crippen LogP contribution in [0.4, 0.5) is 5.69 Å². The fourth-order valence-corrected chi connectivity index (χ4v) is 2.27. The van der Waals surface area contributed by atoms with E-state index < -0.39 is 0 Å². The zero-order valence-corrected chi connectivity index (χ0v) is 15.3. The van der Waals surface area contributed by atoms with Gasteiger partial charge >= 0.3 is 0 Å². The van der Waals surface area contributed by atoms with Crippen LogP contribution in [0.25, 0.3) is 6.08 Å². The number of carbonyl (C=O) groups excluding carboxylic acids is 1. The van der Waals surface area contributed by atoms with Crippen molar-refractivity contribution in [2.45, 2.75) is 13.3 Å². The molecule has 0 radical (unpaired) electrons. The molecule has 1 amide bonds. The van der Waals surface area contributed by atoms with E-state index in [1.54, 1.807) is 13.2 Å². The van der Waals surface area contributed by atoms with Gasteiger partial charge in [0.2, 0.25) is 5.91 Å². The second-order valence-electron chi connectivity index (χ2n) is 5.09. The maximum atomic E-state index is 12.0. The van der Waals surface area contributed by atoms with Crippen molar-refractivity contribution in [2.75, 3.05) is 19.0 Å². The first kappa shape index (κ1) is 18.1. The lowest BCUT2D eigenvalue weighted by Gasteiger charge is -2.10. The van der Waals surface area contributed by atoms with E-state index in [1.165, 1.54) is 6.08 Å². The standard InChI is InChI=1S/C19H20BrNO3/c1-3-12-24-17-10-4-14(13-18(17)23-2)5-11-19(22)21-16-8-6-15(20)7-9-16/h4-11,13H,3,12H2,1-2H3,(H,21,22). The van der Waals surface area contributed by atoms with Crippen molar-refractivity contribution in [1.29, 1.82) is 0 Å². The van der Waals surface area contributed by atoms with E-state index in [9.17, 15) is 4.79 Å². The van der Waals surface area contributed by atoms with Crippen molar-refractivity contribution < 1.29 is 14.3 Å². The van der Waals surface area contributed by atoms with Crippen molar-refractivity contribution >= 4 is 33.6 Å². The fourth-order valence-electron chi connectivity index (χ4n) is 2.01. The number of nitrogens with one attached hydrogen (secondary N) is 1. The van der Waals surface area contributed by atoms with E-state index in [0.29, 0.717) is 18.1 Å². The van der Waals surface area contributed by atoms with Crippen LogP contribution in [-0.2, 0) is 4.79 Å². The van der Waals surface area contributed by atoms with Gasteiger partial charge in [0, 0.05) is 16.2 Å². The van der Waals surface area contributed by atoms with Crippen molar-refractivity contribution in [3.8, 4) is 11.5 Å². The Morgan fingerprint density at radius 2 is 1.92 bits per heavy atom. The summed E-state index contributed by atoms with van der Waals surface area (Å²) >= 11 is 3.36. The highest BCUT2D eigenvalue weighted by atomic mass is 79.9. The summed E-state index contributed by atoms with van der Waals surface area (Å²) in [4.78, 5) is 12.0. The lowest BCUT2D eigenvalue weighted by molar-refractivity contribution is -0.111. The molecule has 0 saturated heterocycles. The number of ether oxygens (including phenoxy) is 2. The fraction of sp³-hybridized carbons (Fsp3) is 0.211. The van der Waals surface area contributed by atoms with Gasteiger partial charge in [0.1, 0.15) is 0 Å². The van der Waals surface area contributed by atoms with Crippen LogP contribution in [0.3, 0.4) is 0 Å². The summed E-state index contributed by atoms with van der Waals surface area (Å²) < 4.78 is 11.9. The van der Waals surface area contributed by atoms with Gasteiger partial charge < -0.3 is 14.8 Å². The minimum atomic E-state index is -0.192. The Labute approximate surface area is 150 Å². The zero-order chi connectivity index (χ0) is 17.4.